The quantitative estimate of drug-likeness (QED) is 0.644. The van der Waals surface area contributed by atoms with Crippen LogP contribution in [0, 0.1) is 4.91 Å². The SMILES string of the molecule is CCCc1[nH]c(N)nc1N=O. The average Bonchev–Trinajstić information content (AvgIpc) is 2.32. The first-order valence-corrected chi connectivity index (χ1v) is 3.45. The van der Waals surface area contributed by atoms with E-state index in [1.807, 2.05) is 6.92 Å². The summed E-state index contributed by atoms with van der Waals surface area (Å²) in [6.45, 7) is 2.01. The zero-order chi connectivity index (χ0) is 8.27. The summed E-state index contributed by atoms with van der Waals surface area (Å²) in [5.41, 5.74) is 6.04. The van der Waals surface area contributed by atoms with E-state index in [1.54, 1.807) is 0 Å². The molecular formula is C6H10N4O. The topological polar surface area (TPSA) is 84.1 Å². The summed E-state index contributed by atoms with van der Waals surface area (Å²) >= 11 is 0. The number of imidazole rings is 1. The maximum absolute atomic E-state index is 10.1. The third kappa shape index (κ3) is 1.54. The molecule has 0 aliphatic rings. The van der Waals surface area contributed by atoms with Crippen molar-refractivity contribution in [1.29, 1.82) is 0 Å². The number of nitrogen functional groups attached to an aromatic ring is 1. The van der Waals surface area contributed by atoms with Crippen molar-refractivity contribution in [3.8, 4) is 0 Å². The monoisotopic (exact) mass is 154 g/mol. The standard InChI is InChI=1S/C6H10N4O/c1-2-3-4-5(10-11)9-6(7)8-4/h2-3H2,1H3,(H3,7,8,9). The van der Waals surface area contributed by atoms with Crippen LogP contribution in [0.1, 0.15) is 19.0 Å². The lowest BCUT2D eigenvalue weighted by atomic mass is 10.2. The van der Waals surface area contributed by atoms with Gasteiger partial charge in [0.2, 0.25) is 5.82 Å². The minimum Gasteiger partial charge on any atom is -0.369 e. The third-order valence-corrected chi connectivity index (χ3v) is 1.36. The van der Waals surface area contributed by atoms with Crippen LogP contribution in [0.25, 0.3) is 0 Å². The highest BCUT2D eigenvalue weighted by Gasteiger charge is 2.06. The van der Waals surface area contributed by atoms with E-state index < -0.39 is 0 Å². The van der Waals surface area contributed by atoms with E-state index in [2.05, 4.69) is 15.1 Å². The number of rotatable bonds is 3. The van der Waals surface area contributed by atoms with Gasteiger partial charge in [-0.1, -0.05) is 13.3 Å². The van der Waals surface area contributed by atoms with Crippen LogP contribution in [0.4, 0.5) is 11.8 Å². The molecule has 1 rings (SSSR count). The summed E-state index contributed by atoms with van der Waals surface area (Å²) in [6.07, 6.45) is 1.69. The molecule has 0 spiro atoms. The van der Waals surface area contributed by atoms with Crippen molar-refractivity contribution in [1.82, 2.24) is 9.97 Å². The van der Waals surface area contributed by atoms with Gasteiger partial charge < -0.3 is 10.7 Å². The lowest BCUT2D eigenvalue weighted by molar-refractivity contribution is 0.893. The van der Waals surface area contributed by atoms with Gasteiger partial charge >= 0.3 is 0 Å². The van der Waals surface area contributed by atoms with Gasteiger partial charge in [-0.3, -0.25) is 0 Å². The maximum Gasteiger partial charge on any atom is 0.219 e. The molecule has 0 radical (unpaired) electrons. The molecule has 5 nitrogen and oxygen atoms in total. The summed E-state index contributed by atoms with van der Waals surface area (Å²) in [5.74, 6) is 0.437. The molecule has 0 saturated heterocycles. The van der Waals surface area contributed by atoms with E-state index in [-0.39, 0.29) is 11.8 Å². The van der Waals surface area contributed by atoms with Crippen molar-refractivity contribution in [3.63, 3.8) is 0 Å². The summed E-state index contributed by atoms with van der Waals surface area (Å²) < 4.78 is 0. The molecule has 1 aromatic rings. The number of anilines is 1. The lowest BCUT2D eigenvalue weighted by Crippen LogP contribution is -1.87. The lowest BCUT2D eigenvalue weighted by Gasteiger charge is -1.90. The van der Waals surface area contributed by atoms with Gasteiger partial charge in [0.25, 0.3) is 0 Å². The van der Waals surface area contributed by atoms with E-state index in [1.165, 1.54) is 0 Å². The van der Waals surface area contributed by atoms with Crippen molar-refractivity contribution in [2.24, 2.45) is 5.18 Å². The molecule has 0 aromatic carbocycles. The Kier molecular flexibility index (Phi) is 2.20. The molecule has 0 saturated carbocycles. The molecule has 5 heteroatoms. The number of nitroso groups, excluding NO2 is 1. The highest BCUT2D eigenvalue weighted by Crippen LogP contribution is 2.17. The minimum atomic E-state index is 0.185. The Bertz CT molecular complexity index is 255. The second-order valence-corrected chi connectivity index (χ2v) is 2.27. The van der Waals surface area contributed by atoms with Gasteiger partial charge in [-0.15, -0.1) is 4.91 Å². The second-order valence-electron chi connectivity index (χ2n) is 2.27. The molecule has 0 atom stereocenters. The molecule has 60 valence electrons. The van der Waals surface area contributed by atoms with Crippen molar-refractivity contribution in [2.45, 2.75) is 19.8 Å². The summed E-state index contributed by atoms with van der Waals surface area (Å²) in [7, 11) is 0. The number of hydrogen-bond donors (Lipinski definition) is 2. The van der Waals surface area contributed by atoms with E-state index >= 15 is 0 Å². The van der Waals surface area contributed by atoms with Crippen LogP contribution in [0.2, 0.25) is 0 Å². The van der Waals surface area contributed by atoms with Crippen LogP contribution in [0.3, 0.4) is 0 Å². The number of nitrogens with one attached hydrogen (secondary N) is 1. The number of nitrogens with two attached hydrogens (primary N) is 1. The fraction of sp³-hybridized carbons (Fsp3) is 0.500. The number of nitrogens with zero attached hydrogens (tertiary/aromatic N) is 2. The molecule has 0 bridgehead atoms. The zero-order valence-electron chi connectivity index (χ0n) is 6.29. The Labute approximate surface area is 64.0 Å². The number of aromatic nitrogens is 2. The highest BCUT2D eigenvalue weighted by molar-refractivity contribution is 5.40. The molecule has 11 heavy (non-hydrogen) atoms. The molecule has 1 heterocycles. The molecular weight excluding hydrogens is 144 g/mol. The molecule has 3 N–H and O–H groups in total. The fourth-order valence-corrected chi connectivity index (χ4v) is 0.920. The largest absolute Gasteiger partial charge is 0.369 e. The smallest absolute Gasteiger partial charge is 0.219 e. The van der Waals surface area contributed by atoms with Gasteiger partial charge in [0.15, 0.2) is 5.95 Å². The number of hydrogen-bond acceptors (Lipinski definition) is 4. The number of aryl methyl sites for hydroxylation is 1. The maximum atomic E-state index is 10.1. The van der Waals surface area contributed by atoms with Crippen molar-refractivity contribution < 1.29 is 0 Å². The number of H-pyrrole nitrogens is 1. The van der Waals surface area contributed by atoms with Crippen LogP contribution in [0.5, 0.6) is 0 Å². The molecule has 0 fully saturated rings. The van der Waals surface area contributed by atoms with Crippen LogP contribution in [-0.2, 0) is 6.42 Å². The van der Waals surface area contributed by atoms with E-state index in [4.69, 9.17) is 5.73 Å². The molecule has 0 amide bonds. The van der Waals surface area contributed by atoms with Gasteiger partial charge in [0.1, 0.15) is 0 Å². The Balaban J connectivity index is 2.92. The van der Waals surface area contributed by atoms with Gasteiger partial charge in [-0.2, -0.15) is 4.98 Å². The zero-order valence-corrected chi connectivity index (χ0v) is 6.29. The Morgan fingerprint density at radius 1 is 1.73 bits per heavy atom. The Morgan fingerprint density at radius 3 is 3.00 bits per heavy atom. The fourth-order valence-electron chi connectivity index (χ4n) is 0.920. The summed E-state index contributed by atoms with van der Waals surface area (Å²) in [6, 6.07) is 0. The predicted octanol–water partition coefficient (Wildman–Crippen LogP) is 1.34. The molecule has 1 aromatic heterocycles. The Hall–Kier alpha value is -1.39. The van der Waals surface area contributed by atoms with Crippen LogP contribution in [-0.4, -0.2) is 9.97 Å². The van der Waals surface area contributed by atoms with Crippen molar-refractivity contribution >= 4 is 11.8 Å². The van der Waals surface area contributed by atoms with Gasteiger partial charge in [0.05, 0.1) is 5.69 Å². The first kappa shape index (κ1) is 7.71. The molecule has 0 aliphatic carbocycles. The van der Waals surface area contributed by atoms with E-state index in [0.717, 1.165) is 18.5 Å². The van der Waals surface area contributed by atoms with Gasteiger partial charge in [-0.05, 0) is 11.6 Å². The van der Waals surface area contributed by atoms with Crippen molar-refractivity contribution in [2.75, 3.05) is 5.73 Å². The molecule has 0 unspecified atom stereocenters. The third-order valence-electron chi connectivity index (χ3n) is 1.36. The minimum absolute atomic E-state index is 0.185. The van der Waals surface area contributed by atoms with Gasteiger partial charge in [0, 0.05) is 0 Å². The number of aromatic amines is 1. The summed E-state index contributed by atoms with van der Waals surface area (Å²) in [4.78, 5) is 16.6. The molecule has 0 aliphatic heterocycles. The predicted molar refractivity (Wildman–Crippen MR) is 42.5 cm³/mol. The Morgan fingerprint density at radius 2 is 2.45 bits per heavy atom. The first-order valence-electron chi connectivity index (χ1n) is 3.45. The summed E-state index contributed by atoms with van der Waals surface area (Å²) in [5, 5.41) is 2.74. The average molecular weight is 154 g/mol. The first-order chi connectivity index (χ1) is 5.27. The normalized spacial score (nSPS) is 9.91. The van der Waals surface area contributed by atoms with Crippen LogP contribution < -0.4 is 5.73 Å². The van der Waals surface area contributed by atoms with Crippen LogP contribution >= 0.6 is 0 Å². The van der Waals surface area contributed by atoms with Crippen molar-refractivity contribution in [3.05, 3.63) is 10.6 Å². The van der Waals surface area contributed by atoms with E-state index in [0.29, 0.717) is 0 Å². The second kappa shape index (κ2) is 3.14. The van der Waals surface area contributed by atoms with E-state index in [9.17, 15) is 4.91 Å². The van der Waals surface area contributed by atoms with Crippen LogP contribution in [0.15, 0.2) is 5.18 Å². The highest BCUT2D eigenvalue weighted by atomic mass is 16.3. The van der Waals surface area contributed by atoms with Gasteiger partial charge in [-0.25, -0.2) is 0 Å².